The van der Waals surface area contributed by atoms with E-state index in [1.54, 1.807) is 44.2 Å². The van der Waals surface area contributed by atoms with Crippen molar-refractivity contribution >= 4 is 37.4 Å². The predicted octanol–water partition coefficient (Wildman–Crippen LogP) is 3.81. The summed E-state index contributed by atoms with van der Waals surface area (Å²) < 4.78 is 25.0. The highest BCUT2D eigenvalue weighted by atomic mass is 79.9. The van der Waals surface area contributed by atoms with Gasteiger partial charge in [0.25, 0.3) is 0 Å². The minimum absolute atomic E-state index is 0.150. The molecular weight excluding hydrogens is 378 g/mol. The topological polar surface area (TPSA) is 63.2 Å². The lowest BCUT2D eigenvalue weighted by atomic mass is 10.1. The number of hydrogen-bond acceptors (Lipinski definition) is 3. The van der Waals surface area contributed by atoms with Crippen molar-refractivity contribution in [2.75, 3.05) is 5.32 Å². The molecule has 0 saturated heterocycles. The Bertz CT molecular complexity index is 799. The first-order valence-corrected chi connectivity index (χ1v) is 9.51. The van der Waals surface area contributed by atoms with Crippen molar-refractivity contribution in [3.05, 3.63) is 58.6 Å². The molecule has 2 aromatic carbocycles. The quantitative estimate of drug-likeness (QED) is 0.836. The van der Waals surface area contributed by atoms with Crippen molar-refractivity contribution < 1.29 is 13.2 Å². The lowest BCUT2D eigenvalue weighted by Crippen LogP contribution is -2.15. The second-order valence-corrected chi connectivity index (χ2v) is 8.89. The van der Waals surface area contributed by atoms with Crippen LogP contribution in [0.4, 0.5) is 5.69 Å². The molecule has 0 aliphatic rings. The summed E-state index contributed by atoms with van der Waals surface area (Å²) in [7, 11) is -3.28. The number of nitrogens with one attached hydrogen (secondary N) is 1. The van der Waals surface area contributed by atoms with E-state index >= 15 is 0 Å². The number of halogens is 1. The van der Waals surface area contributed by atoms with E-state index in [1.165, 1.54) is 0 Å². The Hall–Kier alpha value is -1.66. The molecule has 0 fully saturated rings. The van der Waals surface area contributed by atoms with Crippen LogP contribution in [0.5, 0.6) is 0 Å². The van der Waals surface area contributed by atoms with Gasteiger partial charge < -0.3 is 5.32 Å². The van der Waals surface area contributed by atoms with Gasteiger partial charge >= 0.3 is 0 Å². The molecule has 122 valence electrons. The van der Waals surface area contributed by atoms with Gasteiger partial charge in [0.05, 0.1) is 16.6 Å². The first-order chi connectivity index (χ1) is 10.8. The largest absolute Gasteiger partial charge is 0.326 e. The molecule has 0 radical (unpaired) electrons. The number of anilines is 1. The SMILES string of the molecule is CC(C)S(=O)(=O)c1ccc(CC(=O)Nc2cccc(Br)c2)cc1. The number of carbonyl (C=O) groups excluding carboxylic acids is 1. The van der Waals surface area contributed by atoms with Crippen LogP contribution in [-0.2, 0) is 21.1 Å². The summed E-state index contributed by atoms with van der Waals surface area (Å²) in [5.74, 6) is -0.150. The molecule has 0 aromatic heterocycles. The molecule has 0 heterocycles. The zero-order valence-corrected chi connectivity index (χ0v) is 15.3. The summed E-state index contributed by atoms with van der Waals surface area (Å²) >= 11 is 3.35. The molecule has 0 aliphatic carbocycles. The van der Waals surface area contributed by atoms with Gasteiger partial charge in [-0.25, -0.2) is 8.42 Å². The molecule has 0 bridgehead atoms. The van der Waals surface area contributed by atoms with Crippen LogP contribution in [0.1, 0.15) is 19.4 Å². The van der Waals surface area contributed by atoms with Crippen molar-refractivity contribution in [3.8, 4) is 0 Å². The average Bonchev–Trinajstić information content (AvgIpc) is 2.47. The molecule has 0 saturated carbocycles. The Kier molecular flexibility index (Phi) is 5.59. The fraction of sp³-hybridized carbons (Fsp3) is 0.235. The summed E-state index contributed by atoms with van der Waals surface area (Å²) in [5.41, 5.74) is 1.48. The minimum atomic E-state index is -3.28. The Balaban J connectivity index is 2.05. The number of carbonyl (C=O) groups is 1. The molecule has 2 aromatic rings. The van der Waals surface area contributed by atoms with Crippen LogP contribution in [0.3, 0.4) is 0 Å². The van der Waals surface area contributed by atoms with E-state index in [0.29, 0.717) is 5.69 Å². The lowest BCUT2D eigenvalue weighted by Gasteiger charge is -2.09. The molecule has 0 aliphatic heterocycles. The van der Waals surface area contributed by atoms with Crippen LogP contribution in [0.2, 0.25) is 0 Å². The molecular formula is C17H18BrNO3S. The smallest absolute Gasteiger partial charge is 0.228 e. The van der Waals surface area contributed by atoms with Crippen molar-refractivity contribution in [1.82, 2.24) is 0 Å². The Morgan fingerprint density at radius 1 is 1.13 bits per heavy atom. The fourth-order valence-electron chi connectivity index (χ4n) is 2.03. The van der Waals surface area contributed by atoms with Gasteiger partial charge in [0.1, 0.15) is 0 Å². The maximum atomic E-state index is 12.1. The maximum absolute atomic E-state index is 12.1. The molecule has 0 unspecified atom stereocenters. The lowest BCUT2D eigenvalue weighted by molar-refractivity contribution is -0.115. The first-order valence-electron chi connectivity index (χ1n) is 7.17. The molecule has 23 heavy (non-hydrogen) atoms. The summed E-state index contributed by atoms with van der Waals surface area (Å²) in [6.07, 6.45) is 0.189. The van der Waals surface area contributed by atoms with E-state index in [0.717, 1.165) is 10.0 Å². The van der Waals surface area contributed by atoms with Gasteiger partial charge in [0, 0.05) is 10.2 Å². The molecule has 0 spiro atoms. The van der Waals surface area contributed by atoms with E-state index in [1.807, 2.05) is 18.2 Å². The maximum Gasteiger partial charge on any atom is 0.228 e. The molecule has 1 amide bonds. The highest BCUT2D eigenvalue weighted by Crippen LogP contribution is 2.18. The average molecular weight is 396 g/mol. The van der Waals surface area contributed by atoms with Crippen LogP contribution in [0, 0.1) is 0 Å². The van der Waals surface area contributed by atoms with E-state index in [2.05, 4.69) is 21.2 Å². The Labute approximate surface area is 145 Å². The number of rotatable bonds is 5. The molecule has 6 heteroatoms. The van der Waals surface area contributed by atoms with Crippen LogP contribution in [0.15, 0.2) is 57.9 Å². The van der Waals surface area contributed by atoms with Gasteiger partial charge in [-0.1, -0.05) is 34.1 Å². The zero-order valence-electron chi connectivity index (χ0n) is 12.9. The molecule has 1 N–H and O–H groups in total. The molecule has 0 atom stereocenters. The van der Waals surface area contributed by atoms with Crippen molar-refractivity contribution in [1.29, 1.82) is 0 Å². The number of amides is 1. The van der Waals surface area contributed by atoms with E-state index in [4.69, 9.17) is 0 Å². The highest BCUT2D eigenvalue weighted by Gasteiger charge is 2.18. The third kappa shape index (κ3) is 4.65. The number of sulfone groups is 1. The Morgan fingerprint density at radius 2 is 1.78 bits per heavy atom. The van der Waals surface area contributed by atoms with Crippen LogP contribution >= 0.6 is 15.9 Å². The van der Waals surface area contributed by atoms with E-state index in [-0.39, 0.29) is 17.2 Å². The first kappa shape index (κ1) is 17.7. The van der Waals surface area contributed by atoms with Gasteiger partial charge in [-0.15, -0.1) is 0 Å². The van der Waals surface area contributed by atoms with Gasteiger partial charge in [-0.2, -0.15) is 0 Å². The standard InChI is InChI=1S/C17H18BrNO3S/c1-12(2)23(21,22)16-8-6-13(7-9-16)10-17(20)19-15-5-3-4-14(18)11-15/h3-9,11-12H,10H2,1-2H3,(H,19,20). The minimum Gasteiger partial charge on any atom is -0.326 e. The number of hydrogen-bond donors (Lipinski definition) is 1. The summed E-state index contributed by atoms with van der Waals surface area (Å²) in [4.78, 5) is 12.3. The normalized spacial score (nSPS) is 11.5. The van der Waals surface area contributed by atoms with Crippen LogP contribution < -0.4 is 5.32 Å². The second kappa shape index (κ2) is 7.27. The second-order valence-electron chi connectivity index (χ2n) is 5.47. The van der Waals surface area contributed by atoms with Crippen LogP contribution in [-0.4, -0.2) is 19.6 Å². The summed E-state index contributed by atoms with van der Waals surface area (Å²) in [6, 6.07) is 13.8. The summed E-state index contributed by atoms with van der Waals surface area (Å²) in [6.45, 7) is 3.30. The predicted molar refractivity (Wildman–Crippen MR) is 95.2 cm³/mol. The third-order valence-electron chi connectivity index (χ3n) is 3.35. The van der Waals surface area contributed by atoms with E-state index in [9.17, 15) is 13.2 Å². The summed E-state index contributed by atoms with van der Waals surface area (Å²) in [5, 5.41) is 2.34. The highest BCUT2D eigenvalue weighted by molar-refractivity contribution is 9.10. The van der Waals surface area contributed by atoms with Gasteiger partial charge in [0.2, 0.25) is 5.91 Å². The van der Waals surface area contributed by atoms with Crippen molar-refractivity contribution in [3.63, 3.8) is 0 Å². The number of benzene rings is 2. The third-order valence-corrected chi connectivity index (χ3v) is 6.01. The fourth-order valence-corrected chi connectivity index (χ4v) is 3.48. The van der Waals surface area contributed by atoms with Crippen LogP contribution in [0.25, 0.3) is 0 Å². The van der Waals surface area contributed by atoms with Gasteiger partial charge in [-0.3, -0.25) is 4.79 Å². The molecule has 4 nitrogen and oxygen atoms in total. The van der Waals surface area contributed by atoms with E-state index < -0.39 is 15.1 Å². The molecule has 2 rings (SSSR count). The monoisotopic (exact) mass is 395 g/mol. The van der Waals surface area contributed by atoms with Crippen molar-refractivity contribution in [2.24, 2.45) is 0 Å². The zero-order chi connectivity index (χ0) is 17.0. The van der Waals surface area contributed by atoms with Gasteiger partial charge in [0.15, 0.2) is 9.84 Å². The Morgan fingerprint density at radius 3 is 2.35 bits per heavy atom. The van der Waals surface area contributed by atoms with Gasteiger partial charge in [-0.05, 0) is 49.7 Å². The van der Waals surface area contributed by atoms with Crippen molar-refractivity contribution in [2.45, 2.75) is 30.4 Å².